The summed E-state index contributed by atoms with van der Waals surface area (Å²) in [7, 11) is 0. The number of hydrogen-bond donors (Lipinski definition) is 1. The molecule has 1 aromatic heterocycles. The average Bonchev–Trinajstić information content (AvgIpc) is 2.36. The van der Waals surface area contributed by atoms with Gasteiger partial charge in [-0.25, -0.2) is 9.97 Å². The minimum atomic E-state index is 0.781. The van der Waals surface area contributed by atoms with E-state index in [-0.39, 0.29) is 0 Å². The number of anilines is 1. The van der Waals surface area contributed by atoms with E-state index in [2.05, 4.69) is 27.1 Å². The molecule has 0 aliphatic carbocycles. The Balaban J connectivity index is 1.81. The van der Waals surface area contributed by atoms with Gasteiger partial charge in [-0.3, -0.25) is 0 Å². The highest BCUT2D eigenvalue weighted by molar-refractivity contribution is 5.35. The molecule has 0 unspecified atom stereocenters. The molecule has 2 rings (SSSR count). The number of piperidine rings is 1. The number of hydrogen-bond acceptors (Lipinski definition) is 4. The molecule has 0 atom stereocenters. The molecule has 0 bridgehead atoms. The third-order valence-electron chi connectivity index (χ3n) is 3.69. The van der Waals surface area contributed by atoms with Gasteiger partial charge in [0.1, 0.15) is 11.6 Å². The van der Waals surface area contributed by atoms with Gasteiger partial charge in [0.2, 0.25) is 0 Å². The van der Waals surface area contributed by atoms with E-state index in [1.54, 1.807) is 0 Å². The van der Waals surface area contributed by atoms with Gasteiger partial charge in [-0.2, -0.15) is 0 Å². The van der Waals surface area contributed by atoms with Gasteiger partial charge in [0.25, 0.3) is 0 Å². The third kappa shape index (κ3) is 3.67. The van der Waals surface area contributed by atoms with Gasteiger partial charge in [0.15, 0.2) is 0 Å². The highest BCUT2D eigenvalue weighted by Crippen LogP contribution is 2.17. The van der Waals surface area contributed by atoms with Crippen LogP contribution in [0, 0.1) is 19.8 Å². The molecular weight excluding hydrogens is 224 g/mol. The van der Waals surface area contributed by atoms with Crippen molar-refractivity contribution < 1.29 is 0 Å². The second-order valence-electron chi connectivity index (χ2n) is 5.20. The minimum Gasteiger partial charge on any atom is -0.370 e. The summed E-state index contributed by atoms with van der Waals surface area (Å²) in [5.41, 5.74) is 1.03. The molecule has 2 heterocycles. The van der Waals surface area contributed by atoms with E-state index < -0.39 is 0 Å². The monoisotopic (exact) mass is 248 g/mol. The molecular formula is C14H24N4. The topological polar surface area (TPSA) is 41.0 Å². The Labute approximate surface area is 110 Å². The van der Waals surface area contributed by atoms with E-state index in [9.17, 15) is 0 Å². The second-order valence-corrected chi connectivity index (χ2v) is 5.20. The van der Waals surface area contributed by atoms with E-state index in [1.807, 2.05) is 19.9 Å². The van der Waals surface area contributed by atoms with E-state index in [0.29, 0.717) is 0 Å². The van der Waals surface area contributed by atoms with Crippen molar-refractivity contribution in [2.24, 2.45) is 5.92 Å². The molecule has 4 heteroatoms. The zero-order valence-electron chi connectivity index (χ0n) is 11.7. The molecule has 0 radical (unpaired) electrons. The van der Waals surface area contributed by atoms with Gasteiger partial charge >= 0.3 is 0 Å². The van der Waals surface area contributed by atoms with Gasteiger partial charge < -0.3 is 10.2 Å². The third-order valence-corrected chi connectivity index (χ3v) is 3.69. The first-order valence-corrected chi connectivity index (χ1v) is 6.96. The molecule has 0 aromatic carbocycles. The van der Waals surface area contributed by atoms with Gasteiger partial charge in [0.05, 0.1) is 0 Å². The molecule has 1 aromatic rings. The van der Waals surface area contributed by atoms with Gasteiger partial charge in [-0.15, -0.1) is 0 Å². The van der Waals surface area contributed by atoms with E-state index in [0.717, 1.165) is 29.8 Å². The standard InChI is InChI=1S/C14H24N4/c1-4-18-7-5-13(6-8-18)10-15-14-9-11(2)16-12(3)17-14/h9,13H,4-8,10H2,1-3H3,(H,15,16,17). The molecule has 18 heavy (non-hydrogen) atoms. The molecule has 1 aliphatic rings. The van der Waals surface area contributed by atoms with E-state index in [4.69, 9.17) is 0 Å². The maximum atomic E-state index is 4.42. The van der Waals surface area contributed by atoms with Crippen LogP contribution in [0.1, 0.15) is 31.3 Å². The zero-order valence-corrected chi connectivity index (χ0v) is 11.7. The lowest BCUT2D eigenvalue weighted by Crippen LogP contribution is -2.35. The molecule has 1 fully saturated rings. The lowest BCUT2D eigenvalue weighted by Gasteiger charge is -2.31. The Morgan fingerprint density at radius 1 is 1.28 bits per heavy atom. The molecule has 0 amide bonds. The van der Waals surface area contributed by atoms with Crippen molar-refractivity contribution in [1.82, 2.24) is 14.9 Å². The molecule has 0 spiro atoms. The van der Waals surface area contributed by atoms with Crippen molar-refractivity contribution in [3.63, 3.8) is 0 Å². The van der Waals surface area contributed by atoms with Gasteiger partial charge in [0, 0.05) is 18.3 Å². The van der Waals surface area contributed by atoms with E-state index >= 15 is 0 Å². The van der Waals surface area contributed by atoms with E-state index in [1.165, 1.54) is 32.5 Å². The normalized spacial score (nSPS) is 17.9. The van der Waals surface area contributed by atoms with Crippen molar-refractivity contribution in [2.75, 3.05) is 31.5 Å². The lowest BCUT2D eigenvalue weighted by molar-refractivity contribution is 0.198. The number of aromatic nitrogens is 2. The second kappa shape index (κ2) is 6.14. The Morgan fingerprint density at radius 3 is 2.61 bits per heavy atom. The van der Waals surface area contributed by atoms with Crippen LogP contribution in [-0.2, 0) is 0 Å². The molecule has 0 saturated carbocycles. The zero-order chi connectivity index (χ0) is 13.0. The quantitative estimate of drug-likeness (QED) is 0.887. The highest BCUT2D eigenvalue weighted by atomic mass is 15.1. The fraction of sp³-hybridized carbons (Fsp3) is 0.714. The molecule has 100 valence electrons. The SMILES string of the molecule is CCN1CCC(CNc2cc(C)nc(C)n2)CC1. The van der Waals surface area contributed by atoms with Crippen molar-refractivity contribution in [2.45, 2.75) is 33.6 Å². The van der Waals surface area contributed by atoms with Crippen LogP contribution in [-0.4, -0.2) is 41.0 Å². The smallest absolute Gasteiger partial charge is 0.129 e. The number of aryl methyl sites for hydroxylation is 2. The number of likely N-dealkylation sites (tertiary alicyclic amines) is 1. The van der Waals surface area contributed by atoms with Crippen LogP contribution in [0.15, 0.2) is 6.07 Å². The van der Waals surface area contributed by atoms with Crippen LogP contribution in [0.5, 0.6) is 0 Å². The molecule has 1 N–H and O–H groups in total. The van der Waals surface area contributed by atoms with Crippen molar-refractivity contribution >= 4 is 5.82 Å². The molecule has 1 saturated heterocycles. The minimum absolute atomic E-state index is 0.781. The molecule has 4 nitrogen and oxygen atoms in total. The summed E-state index contributed by atoms with van der Waals surface area (Å²) < 4.78 is 0. The summed E-state index contributed by atoms with van der Waals surface area (Å²) in [6, 6.07) is 2.02. The largest absolute Gasteiger partial charge is 0.370 e. The fourth-order valence-corrected chi connectivity index (χ4v) is 2.56. The fourth-order valence-electron chi connectivity index (χ4n) is 2.56. The van der Waals surface area contributed by atoms with Gasteiger partial charge in [-0.05, 0) is 52.2 Å². The number of rotatable bonds is 4. The first-order chi connectivity index (χ1) is 8.67. The van der Waals surface area contributed by atoms with Crippen LogP contribution in [0.25, 0.3) is 0 Å². The summed E-state index contributed by atoms with van der Waals surface area (Å²) in [4.78, 5) is 11.2. The van der Waals surface area contributed by atoms with Crippen molar-refractivity contribution in [1.29, 1.82) is 0 Å². The summed E-state index contributed by atoms with van der Waals surface area (Å²) in [6.45, 7) is 10.9. The lowest BCUT2D eigenvalue weighted by atomic mass is 9.97. The van der Waals surface area contributed by atoms with Crippen LogP contribution in [0.2, 0.25) is 0 Å². The predicted molar refractivity (Wildman–Crippen MR) is 74.8 cm³/mol. The average molecular weight is 248 g/mol. The van der Waals surface area contributed by atoms with Crippen LogP contribution < -0.4 is 5.32 Å². The Kier molecular flexibility index (Phi) is 4.53. The van der Waals surface area contributed by atoms with Crippen molar-refractivity contribution in [3.05, 3.63) is 17.6 Å². The highest BCUT2D eigenvalue weighted by Gasteiger charge is 2.17. The summed E-state index contributed by atoms with van der Waals surface area (Å²) >= 11 is 0. The summed E-state index contributed by atoms with van der Waals surface area (Å²) in [5.74, 6) is 2.60. The molecule has 1 aliphatic heterocycles. The Bertz CT molecular complexity index is 363. The van der Waals surface area contributed by atoms with Gasteiger partial charge in [-0.1, -0.05) is 6.92 Å². The predicted octanol–water partition coefficient (Wildman–Crippen LogP) is 2.24. The maximum absolute atomic E-state index is 4.42. The summed E-state index contributed by atoms with van der Waals surface area (Å²) in [5, 5.41) is 3.46. The number of nitrogens with zero attached hydrogens (tertiary/aromatic N) is 3. The maximum Gasteiger partial charge on any atom is 0.129 e. The Hall–Kier alpha value is -1.16. The Morgan fingerprint density at radius 2 is 2.00 bits per heavy atom. The first kappa shape index (κ1) is 13.3. The number of nitrogens with one attached hydrogen (secondary N) is 1. The van der Waals surface area contributed by atoms with Crippen LogP contribution >= 0.6 is 0 Å². The van der Waals surface area contributed by atoms with Crippen LogP contribution in [0.3, 0.4) is 0 Å². The first-order valence-electron chi connectivity index (χ1n) is 6.96. The van der Waals surface area contributed by atoms with Crippen LogP contribution in [0.4, 0.5) is 5.82 Å². The van der Waals surface area contributed by atoms with Crippen molar-refractivity contribution in [3.8, 4) is 0 Å². The summed E-state index contributed by atoms with van der Waals surface area (Å²) in [6.07, 6.45) is 2.59.